The highest BCUT2D eigenvalue weighted by Gasteiger charge is 2.24. The van der Waals surface area contributed by atoms with Crippen molar-refractivity contribution in [2.75, 3.05) is 40.9 Å². The van der Waals surface area contributed by atoms with Gasteiger partial charge >= 0.3 is 0 Å². The van der Waals surface area contributed by atoms with E-state index in [9.17, 15) is 19.4 Å². The van der Waals surface area contributed by atoms with Crippen LogP contribution in [-0.4, -0.2) is 68.5 Å². The van der Waals surface area contributed by atoms with Gasteiger partial charge in [-0.25, -0.2) is 0 Å². The summed E-state index contributed by atoms with van der Waals surface area (Å²) in [6, 6.07) is -0.800. The van der Waals surface area contributed by atoms with Crippen LogP contribution in [0.3, 0.4) is 0 Å². The van der Waals surface area contributed by atoms with Crippen molar-refractivity contribution in [1.29, 1.82) is 0 Å². The quantitative estimate of drug-likeness (QED) is 0.0272. The maximum Gasteiger partial charge on any atom is 0.268 e. The topological polar surface area (TPSA) is 108 Å². The summed E-state index contributed by atoms with van der Waals surface area (Å²) in [7, 11) is 1.33. The number of quaternary nitrogens is 1. The molecule has 0 saturated heterocycles. The molecule has 0 heterocycles. The minimum Gasteiger partial charge on any atom is -0.756 e. The van der Waals surface area contributed by atoms with E-state index in [1.807, 2.05) is 21.1 Å². The Morgan fingerprint density at radius 3 is 0.965 bits per heavy atom. The number of nitrogens with one attached hydrogen (secondary N) is 1. The van der Waals surface area contributed by atoms with E-state index in [-0.39, 0.29) is 19.1 Å². The molecule has 2 N–H and O–H groups in total. The molecule has 9 heteroatoms. The van der Waals surface area contributed by atoms with Gasteiger partial charge in [0, 0.05) is 6.42 Å². The molecular formula is C77H153N2O6P. The van der Waals surface area contributed by atoms with E-state index in [0.717, 1.165) is 44.9 Å². The number of nitrogens with zero attached hydrogens (tertiary/aromatic N) is 1. The normalized spacial score (nSPS) is 13.6. The summed E-state index contributed by atoms with van der Waals surface area (Å²) in [6.07, 6.45) is 90.0. The maximum absolute atomic E-state index is 13.1. The highest BCUT2D eigenvalue weighted by Crippen LogP contribution is 2.38. The van der Waals surface area contributed by atoms with Gasteiger partial charge in [0.25, 0.3) is 7.82 Å². The van der Waals surface area contributed by atoms with Crippen LogP contribution in [0.15, 0.2) is 24.3 Å². The molecule has 8 nitrogen and oxygen atoms in total. The van der Waals surface area contributed by atoms with Gasteiger partial charge in [-0.15, -0.1) is 0 Å². The van der Waals surface area contributed by atoms with Crippen molar-refractivity contribution in [3.8, 4) is 0 Å². The number of aliphatic hydroxyl groups is 1. The van der Waals surface area contributed by atoms with Gasteiger partial charge in [0.05, 0.1) is 39.9 Å². The number of amides is 1. The molecule has 0 aliphatic rings. The SMILES string of the molecule is CCCCCCC/C=C\C/C=C\CCCCCCCCCCCCCCCCCCCCCCCC(=O)NC(COP(=O)([O-])OCC[N+](C)(C)C)C(O)CCCCCCCCCCCCCCCCCCCCCCCCCCCCCCCCC. The van der Waals surface area contributed by atoms with Crippen molar-refractivity contribution in [2.45, 2.75) is 424 Å². The zero-order valence-corrected chi connectivity index (χ0v) is 59.7. The number of likely N-dealkylation sites (N-methyl/N-ethyl adjacent to an activating group) is 1. The molecule has 0 aromatic rings. The first-order chi connectivity index (χ1) is 42.0. The first-order valence-corrected chi connectivity index (χ1v) is 40.1. The van der Waals surface area contributed by atoms with Crippen LogP contribution in [0.5, 0.6) is 0 Å². The van der Waals surface area contributed by atoms with Gasteiger partial charge in [-0.05, 0) is 44.9 Å². The van der Waals surface area contributed by atoms with E-state index in [2.05, 4.69) is 43.5 Å². The van der Waals surface area contributed by atoms with E-state index in [1.54, 1.807) is 0 Å². The third-order valence-electron chi connectivity index (χ3n) is 18.2. The minimum atomic E-state index is -4.58. The first kappa shape index (κ1) is 85.0. The molecule has 3 atom stereocenters. The number of aliphatic hydroxyl groups excluding tert-OH is 1. The molecule has 512 valence electrons. The highest BCUT2D eigenvalue weighted by atomic mass is 31.2. The van der Waals surface area contributed by atoms with Crippen molar-refractivity contribution in [2.24, 2.45) is 0 Å². The third kappa shape index (κ3) is 70.4. The predicted octanol–water partition coefficient (Wildman–Crippen LogP) is 24.4. The molecule has 0 radical (unpaired) electrons. The van der Waals surface area contributed by atoms with E-state index in [4.69, 9.17) is 9.05 Å². The summed E-state index contributed by atoms with van der Waals surface area (Å²) < 4.78 is 23.6. The molecule has 86 heavy (non-hydrogen) atoms. The Balaban J connectivity index is 3.94. The number of hydrogen-bond donors (Lipinski definition) is 2. The van der Waals surface area contributed by atoms with Crippen molar-refractivity contribution in [1.82, 2.24) is 5.32 Å². The third-order valence-corrected chi connectivity index (χ3v) is 19.2. The fourth-order valence-corrected chi connectivity index (χ4v) is 12.9. The molecule has 0 aromatic heterocycles. The number of unbranched alkanes of at least 4 members (excludes halogenated alkanes) is 56. The second-order valence-electron chi connectivity index (χ2n) is 28.1. The van der Waals surface area contributed by atoms with Crippen LogP contribution in [0.25, 0.3) is 0 Å². The number of phosphoric ester groups is 1. The lowest BCUT2D eigenvalue weighted by Crippen LogP contribution is -2.46. The molecule has 0 aliphatic heterocycles. The summed E-state index contributed by atoms with van der Waals surface area (Å²) in [6.45, 7) is 4.78. The average molecular weight is 1230 g/mol. The predicted molar refractivity (Wildman–Crippen MR) is 376 cm³/mol. The van der Waals surface area contributed by atoms with Crippen LogP contribution >= 0.6 is 7.82 Å². The van der Waals surface area contributed by atoms with Gasteiger partial charge in [-0.3, -0.25) is 9.36 Å². The largest absolute Gasteiger partial charge is 0.756 e. The zero-order chi connectivity index (χ0) is 62.6. The molecular weight excluding hydrogens is 1080 g/mol. The smallest absolute Gasteiger partial charge is 0.268 e. The number of hydrogen-bond acceptors (Lipinski definition) is 6. The van der Waals surface area contributed by atoms with Crippen molar-refractivity contribution in [3.05, 3.63) is 24.3 Å². The summed E-state index contributed by atoms with van der Waals surface area (Å²) >= 11 is 0. The van der Waals surface area contributed by atoms with Crippen LogP contribution in [-0.2, 0) is 18.4 Å². The maximum atomic E-state index is 13.1. The average Bonchev–Trinajstić information content (AvgIpc) is 3.70. The van der Waals surface area contributed by atoms with E-state index >= 15 is 0 Å². The van der Waals surface area contributed by atoms with Crippen LogP contribution in [0, 0.1) is 0 Å². The molecule has 0 fully saturated rings. The summed E-state index contributed by atoms with van der Waals surface area (Å²) in [5.41, 5.74) is 0. The van der Waals surface area contributed by atoms with Crippen LogP contribution in [0.4, 0.5) is 0 Å². The number of allylic oxidation sites excluding steroid dienone is 4. The second-order valence-corrected chi connectivity index (χ2v) is 29.5. The Morgan fingerprint density at radius 2 is 0.674 bits per heavy atom. The van der Waals surface area contributed by atoms with Gasteiger partial charge < -0.3 is 28.8 Å². The number of rotatable bonds is 73. The van der Waals surface area contributed by atoms with Crippen molar-refractivity contribution < 1.29 is 32.9 Å². The molecule has 0 aliphatic carbocycles. The monoisotopic (exact) mass is 1230 g/mol. The van der Waals surface area contributed by atoms with Crippen LogP contribution in [0.2, 0.25) is 0 Å². The molecule has 3 unspecified atom stereocenters. The Labute approximate surface area is 538 Å². The standard InChI is InChI=1S/C77H153N2O6P/c1-6-8-10-12-14-16-18-20-22-24-26-28-30-32-34-36-38-39-41-43-45-47-49-51-53-55-57-59-61-63-65-67-69-71-77(81)78-75(74-85-86(82,83)84-73-72-79(3,4)5)76(80)70-68-66-64-62-60-58-56-54-52-50-48-46-44-42-40-37-35-33-31-29-27-25-23-21-19-17-15-13-11-9-7-2/h18,20,24,26,75-76,80H,6-17,19,21-23,25,27-74H2,1-5H3,(H-,78,81,82,83)/b20-18-,26-24-. The van der Waals surface area contributed by atoms with E-state index < -0.39 is 20.0 Å². The van der Waals surface area contributed by atoms with Crippen molar-refractivity contribution in [3.63, 3.8) is 0 Å². The summed E-state index contributed by atoms with van der Waals surface area (Å²) in [5, 5.41) is 14.1. The number of phosphoric acid groups is 1. The highest BCUT2D eigenvalue weighted by molar-refractivity contribution is 7.45. The lowest BCUT2D eigenvalue weighted by Gasteiger charge is -2.30. The van der Waals surface area contributed by atoms with Gasteiger partial charge in [-0.1, -0.05) is 385 Å². The molecule has 0 rings (SSSR count). The Bertz CT molecular complexity index is 1450. The summed E-state index contributed by atoms with van der Waals surface area (Å²) in [4.78, 5) is 25.7. The lowest BCUT2D eigenvalue weighted by atomic mass is 10.0. The zero-order valence-electron chi connectivity index (χ0n) is 58.8. The van der Waals surface area contributed by atoms with E-state index in [0.29, 0.717) is 23.9 Å². The van der Waals surface area contributed by atoms with Crippen LogP contribution in [0.1, 0.15) is 412 Å². The van der Waals surface area contributed by atoms with Gasteiger partial charge in [0.1, 0.15) is 13.2 Å². The first-order valence-electron chi connectivity index (χ1n) is 38.7. The van der Waals surface area contributed by atoms with Gasteiger partial charge in [-0.2, -0.15) is 0 Å². The molecule has 0 aromatic carbocycles. The minimum absolute atomic E-state index is 0.0154. The Morgan fingerprint density at radius 1 is 0.407 bits per heavy atom. The van der Waals surface area contributed by atoms with E-state index in [1.165, 1.54) is 340 Å². The van der Waals surface area contributed by atoms with Crippen molar-refractivity contribution >= 4 is 13.7 Å². The second kappa shape index (κ2) is 68.3. The number of carbonyl (C=O) groups excluding carboxylic acids is 1. The lowest BCUT2D eigenvalue weighted by molar-refractivity contribution is -0.870. The van der Waals surface area contributed by atoms with Gasteiger partial charge in [0.2, 0.25) is 5.91 Å². The molecule has 0 spiro atoms. The molecule has 1 amide bonds. The number of carbonyl (C=O) groups is 1. The fraction of sp³-hybridized carbons (Fsp3) is 0.935. The molecule has 0 bridgehead atoms. The Kier molecular flexibility index (Phi) is 67.5. The van der Waals surface area contributed by atoms with Crippen LogP contribution < -0.4 is 10.2 Å². The molecule has 0 saturated carbocycles. The van der Waals surface area contributed by atoms with Gasteiger partial charge in [0.15, 0.2) is 0 Å². The Hall–Kier alpha value is -1.02. The summed E-state index contributed by atoms with van der Waals surface area (Å²) in [5.74, 6) is -0.155. The fourth-order valence-electron chi connectivity index (χ4n) is 12.2.